The predicted molar refractivity (Wildman–Crippen MR) is 53.9 cm³/mol. The molecule has 0 unspecified atom stereocenters. The zero-order valence-electron chi connectivity index (χ0n) is 8.45. The maximum absolute atomic E-state index is 13.3. The highest BCUT2D eigenvalue weighted by Gasteiger charge is 2.11. The van der Waals surface area contributed by atoms with Gasteiger partial charge in [-0.2, -0.15) is 5.10 Å². The van der Waals surface area contributed by atoms with E-state index in [-0.39, 0.29) is 6.29 Å². The van der Waals surface area contributed by atoms with Gasteiger partial charge in [0.2, 0.25) is 0 Å². The maximum atomic E-state index is 13.3. The van der Waals surface area contributed by atoms with Gasteiger partial charge in [-0.15, -0.1) is 0 Å². The van der Waals surface area contributed by atoms with E-state index in [1.165, 1.54) is 10.9 Å². The molecule has 0 saturated heterocycles. The van der Waals surface area contributed by atoms with Crippen LogP contribution in [0.3, 0.4) is 0 Å². The number of carbonyl (C=O) groups is 1. The number of aromatic nitrogens is 2. The Morgan fingerprint density at radius 2 is 1.88 bits per heavy atom. The van der Waals surface area contributed by atoms with Gasteiger partial charge in [0.15, 0.2) is 6.29 Å². The van der Waals surface area contributed by atoms with Crippen molar-refractivity contribution in [3.05, 3.63) is 41.7 Å². The Balaban J connectivity index is 2.56. The molecule has 0 amide bonds. The summed E-state index contributed by atoms with van der Waals surface area (Å²) in [7, 11) is 1.70. The first kappa shape index (κ1) is 10.5. The fourth-order valence-electron chi connectivity index (χ4n) is 1.43. The molecule has 0 aliphatic carbocycles. The normalized spacial score (nSPS) is 10.4. The smallest absolute Gasteiger partial charge is 0.155 e. The molecular weight excluding hydrogens is 214 g/mol. The van der Waals surface area contributed by atoms with Gasteiger partial charge in [0.25, 0.3) is 0 Å². The van der Waals surface area contributed by atoms with Gasteiger partial charge in [-0.3, -0.25) is 9.48 Å². The number of carbonyl (C=O) groups excluding carboxylic acids is 1. The summed E-state index contributed by atoms with van der Waals surface area (Å²) in [5.41, 5.74) is 0.402. The highest BCUT2D eigenvalue weighted by molar-refractivity contribution is 5.77. The fourth-order valence-corrected chi connectivity index (χ4v) is 1.43. The molecule has 0 atom stereocenters. The molecule has 0 saturated carbocycles. The number of nitrogens with zero attached hydrogens (tertiary/aromatic N) is 2. The second kappa shape index (κ2) is 3.84. The minimum Gasteiger partial charge on any atom is -0.298 e. The van der Waals surface area contributed by atoms with Gasteiger partial charge < -0.3 is 0 Å². The molecule has 0 bridgehead atoms. The summed E-state index contributed by atoms with van der Waals surface area (Å²) in [6, 6.07) is 2.23. The predicted octanol–water partition coefficient (Wildman–Crippen LogP) is 2.18. The van der Waals surface area contributed by atoms with Crippen LogP contribution in [0.15, 0.2) is 24.5 Å². The highest BCUT2D eigenvalue weighted by atomic mass is 19.1. The molecular formula is C11H8F2N2O. The highest BCUT2D eigenvalue weighted by Crippen LogP contribution is 2.23. The molecule has 16 heavy (non-hydrogen) atoms. The quantitative estimate of drug-likeness (QED) is 0.730. The molecule has 1 heterocycles. The number of hydrogen-bond donors (Lipinski definition) is 0. The van der Waals surface area contributed by atoms with Crippen molar-refractivity contribution in [3.8, 4) is 11.1 Å². The lowest BCUT2D eigenvalue weighted by Gasteiger charge is -2.01. The first-order valence-corrected chi connectivity index (χ1v) is 4.55. The molecule has 0 aliphatic rings. The molecule has 82 valence electrons. The number of aryl methyl sites for hydroxylation is 1. The lowest BCUT2D eigenvalue weighted by Crippen LogP contribution is -1.94. The zero-order chi connectivity index (χ0) is 11.7. The number of aldehydes is 1. The van der Waals surface area contributed by atoms with Crippen molar-refractivity contribution in [1.82, 2.24) is 9.78 Å². The third kappa shape index (κ3) is 1.71. The average molecular weight is 222 g/mol. The Labute approximate surface area is 90.3 Å². The van der Waals surface area contributed by atoms with Gasteiger partial charge in [-0.05, 0) is 17.7 Å². The lowest BCUT2D eigenvalue weighted by atomic mass is 10.1. The van der Waals surface area contributed by atoms with E-state index in [0.29, 0.717) is 11.1 Å². The lowest BCUT2D eigenvalue weighted by molar-refractivity contribution is 0.111. The second-order valence-corrected chi connectivity index (χ2v) is 3.37. The number of hydrogen-bond acceptors (Lipinski definition) is 2. The molecule has 2 aromatic rings. The van der Waals surface area contributed by atoms with E-state index >= 15 is 0 Å². The molecule has 0 N–H and O–H groups in total. The van der Waals surface area contributed by atoms with Crippen LogP contribution in [0.5, 0.6) is 0 Å². The second-order valence-electron chi connectivity index (χ2n) is 3.37. The summed E-state index contributed by atoms with van der Waals surface area (Å²) >= 11 is 0. The van der Waals surface area contributed by atoms with Crippen molar-refractivity contribution >= 4 is 6.29 Å². The van der Waals surface area contributed by atoms with E-state index in [1.807, 2.05) is 0 Å². The Morgan fingerprint density at radius 1 is 1.25 bits per heavy atom. The van der Waals surface area contributed by atoms with Crippen LogP contribution in [-0.4, -0.2) is 16.1 Å². The van der Waals surface area contributed by atoms with Crippen LogP contribution in [0.4, 0.5) is 8.78 Å². The van der Waals surface area contributed by atoms with Gasteiger partial charge >= 0.3 is 0 Å². The van der Waals surface area contributed by atoms with Crippen molar-refractivity contribution in [2.75, 3.05) is 0 Å². The van der Waals surface area contributed by atoms with Crippen LogP contribution in [0, 0.1) is 11.6 Å². The van der Waals surface area contributed by atoms with E-state index in [0.717, 1.165) is 12.1 Å². The minimum atomic E-state index is -0.867. The molecule has 0 spiro atoms. The largest absolute Gasteiger partial charge is 0.298 e. The van der Waals surface area contributed by atoms with Crippen LogP contribution in [0.2, 0.25) is 0 Å². The van der Waals surface area contributed by atoms with Crippen LogP contribution in [0.25, 0.3) is 11.1 Å². The van der Waals surface area contributed by atoms with Crippen molar-refractivity contribution in [3.63, 3.8) is 0 Å². The van der Waals surface area contributed by atoms with Gasteiger partial charge in [0.1, 0.15) is 11.6 Å². The molecule has 0 aliphatic heterocycles. The molecule has 3 nitrogen and oxygen atoms in total. The minimum absolute atomic E-state index is 0.164. The van der Waals surface area contributed by atoms with E-state index in [9.17, 15) is 13.6 Å². The van der Waals surface area contributed by atoms with Crippen molar-refractivity contribution in [2.45, 2.75) is 0 Å². The standard InChI is InChI=1S/C11H8F2N2O/c1-15-5-8(4-14-15)7-2-10(12)9(6-16)11(13)3-7/h2-6H,1H3. The van der Waals surface area contributed by atoms with E-state index in [1.54, 1.807) is 13.2 Å². The van der Waals surface area contributed by atoms with Gasteiger partial charge in [0.05, 0.1) is 11.8 Å². The van der Waals surface area contributed by atoms with E-state index < -0.39 is 17.2 Å². The SMILES string of the molecule is Cn1cc(-c2cc(F)c(C=O)c(F)c2)cn1. The Bertz CT molecular complexity index is 526. The first-order chi connectivity index (χ1) is 7.61. The fraction of sp³-hybridized carbons (Fsp3) is 0.0909. The third-order valence-corrected chi connectivity index (χ3v) is 2.24. The summed E-state index contributed by atoms with van der Waals surface area (Å²) in [6.45, 7) is 0. The average Bonchev–Trinajstić information content (AvgIpc) is 2.64. The molecule has 5 heteroatoms. The monoisotopic (exact) mass is 222 g/mol. The third-order valence-electron chi connectivity index (χ3n) is 2.24. The Morgan fingerprint density at radius 3 is 2.31 bits per heavy atom. The van der Waals surface area contributed by atoms with Gasteiger partial charge in [-0.1, -0.05) is 0 Å². The Hall–Kier alpha value is -2.04. The summed E-state index contributed by atoms with van der Waals surface area (Å²) in [4.78, 5) is 10.4. The maximum Gasteiger partial charge on any atom is 0.155 e. The Kier molecular flexibility index (Phi) is 2.52. The summed E-state index contributed by atoms with van der Waals surface area (Å²) in [6.07, 6.45) is 3.29. The topological polar surface area (TPSA) is 34.9 Å². The van der Waals surface area contributed by atoms with Crippen LogP contribution < -0.4 is 0 Å². The summed E-state index contributed by atoms with van der Waals surface area (Å²) < 4.78 is 28.1. The van der Waals surface area contributed by atoms with Gasteiger partial charge in [0, 0.05) is 18.8 Å². The summed E-state index contributed by atoms with van der Waals surface area (Å²) in [5.74, 6) is -1.73. The molecule has 2 rings (SSSR count). The van der Waals surface area contributed by atoms with Crippen molar-refractivity contribution in [1.29, 1.82) is 0 Å². The van der Waals surface area contributed by atoms with Crippen LogP contribution in [0.1, 0.15) is 10.4 Å². The zero-order valence-corrected chi connectivity index (χ0v) is 8.45. The molecule has 1 aromatic carbocycles. The molecule has 0 radical (unpaired) electrons. The molecule has 1 aromatic heterocycles. The van der Waals surface area contributed by atoms with Crippen molar-refractivity contribution in [2.24, 2.45) is 7.05 Å². The van der Waals surface area contributed by atoms with Crippen molar-refractivity contribution < 1.29 is 13.6 Å². The van der Waals surface area contributed by atoms with Gasteiger partial charge in [-0.25, -0.2) is 8.78 Å². The van der Waals surface area contributed by atoms with Crippen LogP contribution >= 0.6 is 0 Å². The van der Waals surface area contributed by atoms with E-state index in [2.05, 4.69) is 5.10 Å². The number of benzene rings is 1. The summed E-state index contributed by atoms with van der Waals surface area (Å²) in [5, 5.41) is 3.90. The first-order valence-electron chi connectivity index (χ1n) is 4.55. The molecule has 0 fully saturated rings. The number of halogens is 2. The van der Waals surface area contributed by atoms with E-state index in [4.69, 9.17) is 0 Å². The van der Waals surface area contributed by atoms with Crippen LogP contribution in [-0.2, 0) is 7.05 Å². The number of rotatable bonds is 2.